The van der Waals surface area contributed by atoms with Gasteiger partial charge in [0.05, 0.1) is 6.07 Å². The van der Waals surface area contributed by atoms with Gasteiger partial charge in [0.25, 0.3) is 5.91 Å². The molecule has 1 aliphatic heterocycles. The number of rotatable bonds is 1. The van der Waals surface area contributed by atoms with Gasteiger partial charge in [-0.2, -0.15) is 5.26 Å². The number of carbonyl (C=O) groups is 1. The Bertz CT molecular complexity index is 383. The Labute approximate surface area is 91.5 Å². The highest BCUT2D eigenvalue weighted by Crippen LogP contribution is 2.18. The van der Waals surface area contributed by atoms with E-state index in [9.17, 15) is 4.79 Å². The molecule has 1 saturated heterocycles. The summed E-state index contributed by atoms with van der Waals surface area (Å²) in [5.74, 6) is -0.171. The molecule has 0 aromatic carbocycles. The highest BCUT2D eigenvalue weighted by atomic mass is 32.1. The first-order valence-electron chi connectivity index (χ1n) is 4.80. The van der Waals surface area contributed by atoms with Gasteiger partial charge in [-0.1, -0.05) is 4.49 Å². The van der Waals surface area contributed by atoms with Crippen LogP contribution in [0.4, 0.5) is 0 Å². The summed E-state index contributed by atoms with van der Waals surface area (Å²) < 4.78 is 3.65. The second-order valence-corrected chi connectivity index (χ2v) is 4.04. The van der Waals surface area contributed by atoms with Crippen molar-refractivity contribution in [2.24, 2.45) is 0 Å². The van der Waals surface area contributed by atoms with E-state index in [2.05, 4.69) is 15.7 Å². The summed E-state index contributed by atoms with van der Waals surface area (Å²) in [4.78, 5) is 13.5. The number of piperidine rings is 1. The van der Waals surface area contributed by atoms with Gasteiger partial charge in [-0.3, -0.25) is 4.79 Å². The molecule has 1 unspecified atom stereocenters. The molecule has 1 fully saturated rings. The summed E-state index contributed by atoms with van der Waals surface area (Å²) in [7, 11) is 0. The third-order valence-electron chi connectivity index (χ3n) is 2.49. The van der Waals surface area contributed by atoms with Crippen LogP contribution in [-0.2, 0) is 0 Å². The van der Waals surface area contributed by atoms with Crippen molar-refractivity contribution < 1.29 is 4.79 Å². The van der Waals surface area contributed by atoms with E-state index < -0.39 is 0 Å². The fraction of sp³-hybridized carbons (Fsp3) is 0.556. The molecule has 78 valence electrons. The van der Waals surface area contributed by atoms with Crippen molar-refractivity contribution in [3.63, 3.8) is 0 Å². The number of amides is 1. The molecular weight excluding hydrogens is 212 g/mol. The lowest BCUT2D eigenvalue weighted by atomic mass is 10.0. The Kier molecular flexibility index (Phi) is 2.92. The van der Waals surface area contributed by atoms with Gasteiger partial charge < -0.3 is 4.90 Å². The Morgan fingerprint density at radius 1 is 1.67 bits per heavy atom. The van der Waals surface area contributed by atoms with E-state index >= 15 is 0 Å². The normalized spacial score (nSPS) is 21.0. The first-order valence-corrected chi connectivity index (χ1v) is 5.64. The molecule has 1 aliphatic rings. The fourth-order valence-electron chi connectivity index (χ4n) is 1.71. The standard InChI is InChI=1S/C9H10N4OS/c10-5-7-3-1-2-4-13(7)9(14)8-6-15-12-11-8/h6-7H,1-4H2. The van der Waals surface area contributed by atoms with Crippen molar-refractivity contribution in [3.05, 3.63) is 11.1 Å². The van der Waals surface area contributed by atoms with Crippen molar-refractivity contribution in [1.29, 1.82) is 5.26 Å². The molecule has 2 heterocycles. The SMILES string of the molecule is N#CC1CCCCN1C(=O)c1csnn1. The molecule has 6 heteroatoms. The van der Waals surface area contributed by atoms with Gasteiger partial charge in [-0.05, 0) is 30.8 Å². The monoisotopic (exact) mass is 222 g/mol. The van der Waals surface area contributed by atoms with Crippen LogP contribution in [0.25, 0.3) is 0 Å². The zero-order valence-electron chi connectivity index (χ0n) is 8.09. The van der Waals surface area contributed by atoms with Crippen molar-refractivity contribution in [3.8, 4) is 6.07 Å². The number of hydrogen-bond donors (Lipinski definition) is 0. The maximum atomic E-state index is 11.9. The van der Waals surface area contributed by atoms with E-state index in [-0.39, 0.29) is 11.9 Å². The Morgan fingerprint density at radius 3 is 3.20 bits per heavy atom. The van der Waals surface area contributed by atoms with Crippen molar-refractivity contribution >= 4 is 17.4 Å². The maximum absolute atomic E-state index is 11.9. The molecule has 0 bridgehead atoms. The third-order valence-corrected chi connectivity index (χ3v) is 3.00. The topological polar surface area (TPSA) is 69.9 Å². The quantitative estimate of drug-likeness (QED) is 0.712. The lowest BCUT2D eigenvalue weighted by Gasteiger charge is -2.30. The van der Waals surface area contributed by atoms with Gasteiger partial charge in [-0.15, -0.1) is 5.10 Å². The highest BCUT2D eigenvalue weighted by Gasteiger charge is 2.28. The summed E-state index contributed by atoms with van der Waals surface area (Å²) in [5.41, 5.74) is 0.349. The van der Waals surface area contributed by atoms with Gasteiger partial charge >= 0.3 is 0 Å². The largest absolute Gasteiger partial charge is 0.321 e. The molecule has 0 radical (unpaired) electrons. The number of nitriles is 1. The lowest BCUT2D eigenvalue weighted by molar-refractivity contribution is 0.0664. The lowest BCUT2D eigenvalue weighted by Crippen LogP contribution is -2.43. The number of nitrogens with zero attached hydrogens (tertiary/aromatic N) is 4. The maximum Gasteiger partial charge on any atom is 0.276 e. The molecule has 0 spiro atoms. The summed E-state index contributed by atoms with van der Waals surface area (Å²) in [6.45, 7) is 0.647. The first kappa shape index (κ1) is 10.1. The minimum atomic E-state index is -0.298. The van der Waals surface area contributed by atoms with Crippen LogP contribution in [-0.4, -0.2) is 33.0 Å². The summed E-state index contributed by atoms with van der Waals surface area (Å²) in [6, 6.07) is 1.86. The zero-order chi connectivity index (χ0) is 10.7. The van der Waals surface area contributed by atoms with Crippen LogP contribution in [0.15, 0.2) is 5.38 Å². The minimum Gasteiger partial charge on any atom is -0.321 e. The van der Waals surface area contributed by atoms with Crippen LogP contribution in [0.2, 0.25) is 0 Å². The molecule has 0 aliphatic carbocycles. The summed E-state index contributed by atoms with van der Waals surface area (Å²) >= 11 is 1.15. The van der Waals surface area contributed by atoms with Crippen LogP contribution in [0.1, 0.15) is 29.8 Å². The minimum absolute atomic E-state index is 0.171. The average Bonchev–Trinajstić information content (AvgIpc) is 2.81. The fourth-order valence-corrected chi connectivity index (χ4v) is 2.14. The van der Waals surface area contributed by atoms with Crippen molar-refractivity contribution in [2.75, 3.05) is 6.54 Å². The van der Waals surface area contributed by atoms with Gasteiger partial charge in [0, 0.05) is 11.9 Å². The molecule has 1 aromatic heterocycles. The van der Waals surface area contributed by atoms with Crippen LogP contribution in [0.3, 0.4) is 0 Å². The highest BCUT2D eigenvalue weighted by molar-refractivity contribution is 7.03. The molecular formula is C9H10N4OS. The molecule has 2 rings (SSSR count). The number of likely N-dealkylation sites (tertiary alicyclic amines) is 1. The second-order valence-electron chi connectivity index (χ2n) is 3.43. The van der Waals surface area contributed by atoms with E-state index in [0.717, 1.165) is 30.8 Å². The second kappa shape index (κ2) is 4.36. The zero-order valence-corrected chi connectivity index (χ0v) is 8.90. The molecule has 1 aromatic rings. The number of carbonyl (C=O) groups excluding carboxylic acids is 1. The molecule has 5 nitrogen and oxygen atoms in total. The summed E-state index contributed by atoms with van der Waals surface area (Å²) in [5, 5.41) is 14.3. The van der Waals surface area contributed by atoms with Gasteiger partial charge in [-0.25, -0.2) is 0 Å². The van der Waals surface area contributed by atoms with E-state index in [1.807, 2.05) is 0 Å². The Hall–Kier alpha value is -1.48. The predicted octanol–water partition coefficient (Wildman–Crippen LogP) is 1.06. The first-order chi connectivity index (χ1) is 7.33. The predicted molar refractivity (Wildman–Crippen MR) is 54.2 cm³/mol. The van der Waals surface area contributed by atoms with Gasteiger partial charge in [0.1, 0.15) is 6.04 Å². The summed E-state index contributed by atoms with van der Waals surface area (Å²) in [6.07, 6.45) is 2.73. The van der Waals surface area contributed by atoms with Crippen LogP contribution >= 0.6 is 11.5 Å². The van der Waals surface area contributed by atoms with E-state index in [4.69, 9.17) is 5.26 Å². The van der Waals surface area contributed by atoms with Crippen LogP contribution < -0.4 is 0 Å². The smallest absolute Gasteiger partial charge is 0.276 e. The van der Waals surface area contributed by atoms with Crippen molar-refractivity contribution in [2.45, 2.75) is 25.3 Å². The Morgan fingerprint density at radius 2 is 2.53 bits per heavy atom. The molecule has 15 heavy (non-hydrogen) atoms. The molecule has 1 atom stereocenters. The number of aromatic nitrogens is 2. The molecule has 0 saturated carbocycles. The van der Waals surface area contributed by atoms with Crippen LogP contribution in [0.5, 0.6) is 0 Å². The van der Waals surface area contributed by atoms with E-state index in [0.29, 0.717) is 12.2 Å². The Balaban J connectivity index is 2.15. The van der Waals surface area contributed by atoms with E-state index in [1.54, 1.807) is 10.3 Å². The number of hydrogen-bond acceptors (Lipinski definition) is 5. The molecule has 1 amide bonds. The van der Waals surface area contributed by atoms with E-state index in [1.165, 1.54) is 0 Å². The molecule has 0 N–H and O–H groups in total. The van der Waals surface area contributed by atoms with Gasteiger partial charge in [0.2, 0.25) is 0 Å². The van der Waals surface area contributed by atoms with Gasteiger partial charge in [0.15, 0.2) is 5.69 Å². The van der Waals surface area contributed by atoms with Crippen LogP contribution in [0, 0.1) is 11.3 Å². The average molecular weight is 222 g/mol. The third kappa shape index (κ3) is 1.97. The van der Waals surface area contributed by atoms with Crippen molar-refractivity contribution in [1.82, 2.24) is 14.5 Å².